The first-order valence-corrected chi connectivity index (χ1v) is 9.65. The molecule has 7 nitrogen and oxygen atoms in total. The molecule has 0 aliphatic rings. The number of nitriles is 1. The molecule has 2 aromatic carbocycles. The Morgan fingerprint density at radius 3 is 2.18 bits per heavy atom. The number of aromatic nitrogens is 1. The van der Waals surface area contributed by atoms with Crippen LogP contribution < -0.4 is 4.74 Å². The molecule has 2 atom stereocenters. The van der Waals surface area contributed by atoms with Gasteiger partial charge in [-0.25, -0.2) is 4.98 Å². The lowest BCUT2D eigenvalue weighted by atomic mass is 10.0. The minimum atomic E-state index is -4.72. The zero-order chi connectivity index (χ0) is 24.2. The average Bonchev–Trinajstić information content (AvgIpc) is 2.82. The smallest absolute Gasteiger partial charge is 0.420 e. The zero-order valence-corrected chi connectivity index (χ0v) is 17.0. The number of aliphatic hydroxyl groups excluding tert-OH is 4. The van der Waals surface area contributed by atoms with Gasteiger partial charge in [0.05, 0.1) is 41.8 Å². The van der Waals surface area contributed by atoms with Crippen molar-refractivity contribution in [2.45, 2.75) is 18.4 Å². The summed E-state index contributed by atoms with van der Waals surface area (Å²) >= 11 is 0. The highest BCUT2D eigenvalue weighted by molar-refractivity contribution is 5.62. The van der Waals surface area contributed by atoms with Crippen molar-refractivity contribution >= 4 is 0 Å². The topological polar surface area (TPSA) is 127 Å². The molecular weight excluding hydrogens is 441 g/mol. The van der Waals surface area contributed by atoms with Crippen molar-refractivity contribution in [3.8, 4) is 28.8 Å². The van der Waals surface area contributed by atoms with E-state index in [1.807, 2.05) is 0 Å². The summed E-state index contributed by atoms with van der Waals surface area (Å²) in [5.74, 6) is -0.370. The van der Waals surface area contributed by atoms with Crippen molar-refractivity contribution in [1.29, 1.82) is 5.26 Å². The second-order valence-electron chi connectivity index (χ2n) is 7.05. The lowest BCUT2D eigenvalue weighted by molar-refractivity contribution is -0.138. The van der Waals surface area contributed by atoms with Gasteiger partial charge in [0.25, 0.3) is 0 Å². The summed E-state index contributed by atoms with van der Waals surface area (Å²) in [5, 5.41) is 47.2. The van der Waals surface area contributed by atoms with Crippen LogP contribution in [0.15, 0.2) is 54.6 Å². The van der Waals surface area contributed by atoms with E-state index in [-0.39, 0.29) is 22.6 Å². The van der Waals surface area contributed by atoms with Crippen LogP contribution in [0.1, 0.15) is 34.6 Å². The number of ether oxygens (including phenoxy) is 1. The molecule has 0 radical (unpaired) electrons. The molecule has 1 unspecified atom stereocenters. The van der Waals surface area contributed by atoms with Gasteiger partial charge in [-0.1, -0.05) is 0 Å². The number of rotatable bonds is 7. The Kier molecular flexibility index (Phi) is 7.30. The second-order valence-corrected chi connectivity index (χ2v) is 7.05. The van der Waals surface area contributed by atoms with Crippen LogP contribution in [-0.4, -0.2) is 38.6 Å². The third-order valence-corrected chi connectivity index (χ3v) is 4.73. The van der Waals surface area contributed by atoms with Crippen molar-refractivity contribution in [1.82, 2.24) is 4.98 Å². The molecule has 0 fully saturated rings. The SMILES string of the molecule is N#Cc1ccc(Oc2ccc(-c3cc(C(O)CO)cc([C@H](O)CO)n3)cc2)c(C(F)(F)F)c1. The van der Waals surface area contributed by atoms with Crippen molar-refractivity contribution in [3.63, 3.8) is 0 Å². The lowest BCUT2D eigenvalue weighted by Crippen LogP contribution is -2.10. The van der Waals surface area contributed by atoms with E-state index in [1.54, 1.807) is 6.07 Å². The predicted molar refractivity (Wildman–Crippen MR) is 110 cm³/mol. The third kappa shape index (κ3) is 5.66. The van der Waals surface area contributed by atoms with Crippen LogP contribution in [0.25, 0.3) is 11.3 Å². The molecule has 3 rings (SSSR count). The molecule has 0 spiro atoms. The normalized spacial score (nSPS) is 13.3. The number of hydrogen-bond acceptors (Lipinski definition) is 7. The molecule has 4 N–H and O–H groups in total. The van der Waals surface area contributed by atoms with Crippen LogP contribution in [0.5, 0.6) is 11.5 Å². The van der Waals surface area contributed by atoms with Crippen molar-refractivity contribution in [2.75, 3.05) is 13.2 Å². The standard InChI is InChI=1S/C23H19F3N2O5/c24-23(25,26)17-7-13(10-27)1-6-22(17)33-16-4-2-14(3-5-16)18-8-15(20(31)11-29)9-19(28-18)21(32)12-30/h1-9,20-21,29-32H,11-12H2/t20?,21-/m1/s1. The highest BCUT2D eigenvalue weighted by atomic mass is 19.4. The molecule has 1 heterocycles. The Balaban J connectivity index is 1.94. The Morgan fingerprint density at radius 1 is 0.939 bits per heavy atom. The summed E-state index contributed by atoms with van der Waals surface area (Å²) in [6, 6.07) is 13.3. The summed E-state index contributed by atoms with van der Waals surface area (Å²) in [7, 11) is 0. The van der Waals surface area contributed by atoms with E-state index in [9.17, 15) is 33.6 Å². The maximum atomic E-state index is 13.3. The highest BCUT2D eigenvalue weighted by Gasteiger charge is 2.35. The molecule has 0 bridgehead atoms. The summed E-state index contributed by atoms with van der Waals surface area (Å²) < 4.78 is 45.4. The Morgan fingerprint density at radius 2 is 1.61 bits per heavy atom. The fraction of sp³-hybridized carbons (Fsp3) is 0.217. The molecule has 33 heavy (non-hydrogen) atoms. The fourth-order valence-corrected chi connectivity index (χ4v) is 3.01. The molecule has 172 valence electrons. The lowest BCUT2D eigenvalue weighted by Gasteiger charge is -2.16. The molecule has 3 aromatic rings. The Hall–Kier alpha value is -3.49. The molecule has 1 aromatic heterocycles. The summed E-state index contributed by atoms with van der Waals surface area (Å²) in [6.45, 7) is -1.18. The number of halogens is 3. The number of alkyl halides is 3. The van der Waals surface area contributed by atoms with Gasteiger partial charge in [0.15, 0.2) is 0 Å². The van der Waals surface area contributed by atoms with E-state index in [0.29, 0.717) is 17.3 Å². The van der Waals surface area contributed by atoms with Gasteiger partial charge < -0.3 is 25.2 Å². The number of benzene rings is 2. The van der Waals surface area contributed by atoms with Crippen molar-refractivity contribution in [2.24, 2.45) is 0 Å². The van der Waals surface area contributed by atoms with Crippen LogP contribution >= 0.6 is 0 Å². The van der Waals surface area contributed by atoms with Gasteiger partial charge >= 0.3 is 6.18 Å². The second kappa shape index (κ2) is 9.97. The molecule has 0 amide bonds. The molecule has 0 aliphatic heterocycles. The van der Waals surface area contributed by atoms with E-state index in [1.165, 1.54) is 42.5 Å². The van der Waals surface area contributed by atoms with Gasteiger partial charge in [-0.3, -0.25) is 0 Å². The fourth-order valence-electron chi connectivity index (χ4n) is 3.01. The van der Waals surface area contributed by atoms with Crippen LogP contribution in [0.2, 0.25) is 0 Å². The highest BCUT2D eigenvalue weighted by Crippen LogP contribution is 2.39. The first-order valence-electron chi connectivity index (χ1n) is 9.65. The van der Waals surface area contributed by atoms with E-state index in [0.717, 1.165) is 6.07 Å². The number of hydrogen-bond donors (Lipinski definition) is 4. The van der Waals surface area contributed by atoms with Gasteiger partial charge in [-0.05, 0) is 60.2 Å². The molecule has 10 heteroatoms. The molecule has 0 aliphatic carbocycles. The van der Waals surface area contributed by atoms with Crippen molar-refractivity contribution in [3.05, 3.63) is 77.0 Å². The monoisotopic (exact) mass is 460 g/mol. The number of pyridine rings is 1. The van der Waals surface area contributed by atoms with Gasteiger partial charge in [0.2, 0.25) is 0 Å². The first-order chi connectivity index (χ1) is 15.7. The third-order valence-electron chi connectivity index (χ3n) is 4.73. The number of aliphatic hydroxyl groups is 4. The zero-order valence-electron chi connectivity index (χ0n) is 17.0. The Bertz CT molecular complexity index is 1130. The van der Waals surface area contributed by atoms with Gasteiger partial charge in [0.1, 0.15) is 23.7 Å². The maximum absolute atomic E-state index is 13.3. The van der Waals surface area contributed by atoms with E-state index >= 15 is 0 Å². The van der Waals surface area contributed by atoms with E-state index in [2.05, 4.69) is 4.98 Å². The quantitative estimate of drug-likeness (QED) is 0.425. The minimum Gasteiger partial charge on any atom is -0.457 e. The van der Waals surface area contributed by atoms with Gasteiger partial charge in [0, 0.05) is 5.56 Å². The predicted octanol–water partition coefficient (Wildman–Crippen LogP) is 3.48. The van der Waals surface area contributed by atoms with E-state index in [4.69, 9.17) is 10.00 Å². The Labute approximate surface area is 186 Å². The maximum Gasteiger partial charge on any atom is 0.420 e. The van der Waals surface area contributed by atoms with Crippen LogP contribution in [0.3, 0.4) is 0 Å². The minimum absolute atomic E-state index is 0.0743. The van der Waals surface area contributed by atoms with Gasteiger partial charge in [-0.2, -0.15) is 18.4 Å². The molecule has 0 saturated heterocycles. The number of nitrogens with zero attached hydrogens (tertiary/aromatic N) is 2. The van der Waals surface area contributed by atoms with Crippen LogP contribution in [-0.2, 0) is 6.18 Å². The van der Waals surface area contributed by atoms with Crippen LogP contribution in [0.4, 0.5) is 13.2 Å². The largest absolute Gasteiger partial charge is 0.457 e. The van der Waals surface area contributed by atoms with Gasteiger partial charge in [-0.15, -0.1) is 0 Å². The van der Waals surface area contributed by atoms with Crippen LogP contribution in [0, 0.1) is 11.3 Å². The molecular formula is C23H19F3N2O5. The summed E-state index contributed by atoms with van der Waals surface area (Å²) in [4.78, 5) is 4.25. The van der Waals surface area contributed by atoms with E-state index < -0.39 is 42.9 Å². The summed E-state index contributed by atoms with van der Waals surface area (Å²) in [5.41, 5.74) is -0.120. The van der Waals surface area contributed by atoms with Crippen molar-refractivity contribution < 1.29 is 38.3 Å². The molecule has 0 saturated carbocycles. The average molecular weight is 460 g/mol. The first kappa shape index (κ1) is 24.2. The summed E-state index contributed by atoms with van der Waals surface area (Å²) in [6.07, 6.45) is -7.27.